The van der Waals surface area contributed by atoms with E-state index in [9.17, 15) is 4.79 Å². The highest BCUT2D eigenvalue weighted by atomic mass is 32.2. The van der Waals surface area contributed by atoms with Crippen molar-refractivity contribution < 1.29 is 14.3 Å². The Labute approximate surface area is 160 Å². The summed E-state index contributed by atoms with van der Waals surface area (Å²) in [6.45, 7) is 1.13. The number of carbonyl (C=O) groups is 1. The lowest BCUT2D eigenvalue weighted by molar-refractivity contribution is -0.113. The Morgan fingerprint density at radius 1 is 1.04 bits per heavy atom. The molecule has 1 N–H and O–H groups in total. The Morgan fingerprint density at radius 2 is 1.88 bits per heavy atom. The van der Waals surface area contributed by atoms with E-state index < -0.39 is 0 Å². The summed E-state index contributed by atoms with van der Waals surface area (Å²) in [6, 6.07) is 17.7. The molecule has 1 aliphatic heterocycles. The Kier molecular flexibility index (Phi) is 5.13. The third-order valence-electron chi connectivity index (χ3n) is 3.87. The van der Waals surface area contributed by atoms with Gasteiger partial charge in [0.1, 0.15) is 13.2 Å². The molecule has 1 amide bonds. The first-order valence-electron chi connectivity index (χ1n) is 8.25. The molecule has 0 atom stereocenters. The van der Waals surface area contributed by atoms with Crippen molar-refractivity contribution in [1.29, 1.82) is 0 Å². The molecule has 4 rings (SSSR count). The van der Waals surface area contributed by atoms with Gasteiger partial charge in [-0.25, -0.2) is 0 Å². The van der Waals surface area contributed by atoms with Gasteiger partial charge in [-0.05, 0) is 35.7 Å². The summed E-state index contributed by atoms with van der Waals surface area (Å²) in [6.07, 6.45) is 0. The van der Waals surface area contributed by atoms with Crippen LogP contribution in [0.1, 0.15) is 0 Å². The molecule has 132 valence electrons. The van der Waals surface area contributed by atoms with Crippen molar-refractivity contribution in [3.05, 3.63) is 60.0 Å². The van der Waals surface area contributed by atoms with Gasteiger partial charge < -0.3 is 14.8 Å². The molecule has 0 spiro atoms. The molecule has 0 saturated carbocycles. The van der Waals surface area contributed by atoms with Crippen LogP contribution in [0, 0.1) is 0 Å². The molecule has 2 heterocycles. The molecule has 1 aliphatic rings. The molecule has 0 aliphatic carbocycles. The highest BCUT2D eigenvalue weighted by Crippen LogP contribution is 2.35. The van der Waals surface area contributed by atoms with Gasteiger partial charge >= 0.3 is 0 Å². The lowest BCUT2D eigenvalue weighted by Gasteiger charge is -2.18. The molecule has 0 fully saturated rings. The van der Waals surface area contributed by atoms with E-state index in [4.69, 9.17) is 9.47 Å². The van der Waals surface area contributed by atoms with Gasteiger partial charge in [-0.15, -0.1) is 23.1 Å². The number of fused-ring (bicyclic) bond motifs is 1. The second-order valence-corrected chi connectivity index (χ2v) is 7.66. The number of thioether (sulfide) groups is 1. The molecule has 3 aromatic rings. The van der Waals surface area contributed by atoms with Crippen molar-refractivity contribution in [3.63, 3.8) is 0 Å². The van der Waals surface area contributed by atoms with Crippen molar-refractivity contribution in [2.24, 2.45) is 0 Å². The maximum atomic E-state index is 12.4. The number of benzene rings is 2. The van der Waals surface area contributed by atoms with E-state index in [1.54, 1.807) is 11.3 Å². The number of nitrogens with one attached hydrogen (secondary N) is 1. The van der Waals surface area contributed by atoms with Gasteiger partial charge in [-0.3, -0.25) is 4.79 Å². The summed E-state index contributed by atoms with van der Waals surface area (Å²) in [5.41, 5.74) is 1.88. The Bertz CT molecular complexity index is 909. The fraction of sp³-hybridized carbons (Fsp3) is 0.150. The Hall–Kier alpha value is -2.44. The third kappa shape index (κ3) is 3.86. The molecule has 0 saturated heterocycles. The largest absolute Gasteiger partial charge is 0.486 e. The number of anilines is 1. The van der Waals surface area contributed by atoms with Crippen LogP contribution in [0.5, 0.6) is 11.5 Å². The molecule has 0 bridgehead atoms. The van der Waals surface area contributed by atoms with Gasteiger partial charge in [-0.2, -0.15) is 0 Å². The molecule has 4 nitrogen and oxygen atoms in total. The van der Waals surface area contributed by atoms with Gasteiger partial charge in [0.05, 0.1) is 5.75 Å². The average Bonchev–Trinajstić information content (AvgIpc) is 3.21. The molecule has 1 aromatic heterocycles. The van der Waals surface area contributed by atoms with E-state index in [0.29, 0.717) is 19.0 Å². The van der Waals surface area contributed by atoms with Crippen LogP contribution in [0.3, 0.4) is 0 Å². The smallest absolute Gasteiger partial charge is 0.234 e. The number of hydrogen-bond donors (Lipinski definition) is 1. The van der Waals surface area contributed by atoms with Crippen molar-refractivity contribution in [1.82, 2.24) is 0 Å². The second-order valence-electron chi connectivity index (χ2n) is 5.67. The highest BCUT2D eigenvalue weighted by Gasteiger charge is 2.13. The fourth-order valence-corrected chi connectivity index (χ4v) is 4.18. The van der Waals surface area contributed by atoms with Gasteiger partial charge in [0, 0.05) is 21.0 Å². The van der Waals surface area contributed by atoms with E-state index in [1.165, 1.54) is 11.8 Å². The van der Waals surface area contributed by atoms with Crippen molar-refractivity contribution in [2.45, 2.75) is 4.90 Å². The van der Waals surface area contributed by atoms with Gasteiger partial charge in [-0.1, -0.05) is 24.3 Å². The summed E-state index contributed by atoms with van der Waals surface area (Å²) in [7, 11) is 0. The zero-order valence-corrected chi connectivity index (χ0v) is 15.6. The maximum absolute atomic E-state index is 12.4. The average molecular weight is 383 g/mol. The summed E-state index contributed by atoms with van der Waals surface area (Å²) in [4.78, 5) is 14.5. The van der Waals surface area contributed by atoms with Gasteiger partial charge in [0.25, 0.3) is 0 Å². The molecule has 2 aromatic carbocycles. The van der Waals surface area contributed by atoms with Crippen LogP contribution in [-0.2, 0) is 4.79 Å². The van der Waals surface area contributed by atoms with Crippen LogP contribution in [0.15, 0.2) is 64.9 Å². The van der Waals surface area contributed by atoms with Crippen molar-refractivity contribution in [3.8, 4) is 21.9 Å². The lowest BCUT2D eigenvalue weighted by Crippen LogP contribution is -2.15. The predicted molar refractivity (Wildman–Crippen MR) is 107 cm³/mol. The summed E-state index contributed by atoms with van der Waals surface area (Å²) < 4.78 is 11.1. The third-order valence-corrected chi connectivity index (χ3v) is 5.77. The number of thiophene rings is 1. The Balaban J connectivity index is 1.41. The summed E-state index contributed by atoms with van der Waals surface area (Å²) in [5, 5.41) is 5.06. The number of amides is 1. The minimum absolute atomic E-state index is 0.0334. The molecular weight excluding hydrogens is 366 g/mol. The van der Waals surface area contributed by atoms with Crippen LogP contribution in [0.2, 0.25) is 0 Å². The van der Waals surface area contributed by atoms with Crippen LogP contribution < -0.4 is 14.8 Å². The fourth-order valence-electron chi connectivity index (χ4n) is 2.69. The minimum atomic E-state index is -0.0334. The van der Waals surface area contributed by atoms with Crippen LogP contribution in [0.4, 0.5) is 5.69 Å². The summed E-state index contributed by atoms with van der Waals surface area (Å²) in [5.74, 6) is 1.80. The SMILES string of the molecule is O=C(CSc1ccc2c(c1)OCCO2)Nc1ccccc1-c1cccs1. The topological polar surface area (TPSA) is 47.6 Å². The molecule has 6 heteroatoms. The van der Waals surface area contributed by atoms with Crippen LogP contribution >= 0.6 is 23.1 Å². The van der Waals surface area contributed by atoms with E-state index in [-0.39, 0.29) is 5.91 Å². The highest BCUT2D eigenvalue weighted by molar-refractivity contribution is 8.00. The first kappa shape index (κ1) is 17.0. The number of hydrogen-bond acceptors (Lipinski definition) is 5. The summed E-state index contributed by atoms with van der Waals surface area (Å²) >= 11 is 3.14. The van der Waals surface area contributed by atoms with Gasteiger partial charge in [0.15, 0.2) is 11.5 Å². The van der Waals surface area contributed by atoms with E-state index in [0.717, 1.165) is 32.5 Å². The van der Waals surface area contributed by atoms with Crippen LogP contribution in [0.25, 0.3) is 10.4 Å². The lowest BCUT2D eigenvalue weighted by atomic mass is 10.1. The zero-order chi connectivity index (χ0) is 17.8. The van der Waals surface area contributed by atoms with Gasteiger partial charge in [0.2, 0.25) is 5.91 Å². The Morgan fingerprint density at radius 3 is 2.73 bits per heavy atom. The van der Waals surface area contributed by atoms with E-state index in [1.807, 2.05) is 53.9 Å². The maximum Gasteiger partial charge on any atom is 0.234 e. The monoisotopic (exact) mass is 383 g/mol. The van der Waals surface area contributed by atoms with E-state index in [2.05, 4.69) is 11.4 Å². The molecular formula is C20H17NO3S2. The number of carbonyl (C=O) groups excluding carboxylic acids is 1. The first-order valence-corrected chi connectivity index (χ1v) is 10.1. The second kappa shape index (κ2) is 7.85. The van der Waals surface area contributed by atoms with Crippen molar-refractivity contribution in [2.75, 3.05) is 24.3 Å². The minimum Gasteiger partial charge on any atom is -0.486 e. The zero-order valence-electron chi connectivity index (χ0n) is 13.9. The number of rotatable bonds is 5. The molecule has 0 radical (unpaired) electrons. The van der Waals surface area contributed by atoms with E-state index >= 15 is 0 Å². The number of para-hydroxylation sites is 1. The standard InChI is InChI=1S/C20H17NO3S2/c22-20(13-26-14-7-8-17-18(12-14)24-10-9-23-17)21-16-5-2-1-4-15(16)19-6-3-11-25-19/h1-8,11-12H,9-10,13H2,(H,21,22). The number of ether oxygens (including phenoxy) is 2. The first-order chi connectivity index (χ1) is 12.8. The van der Waals surface area contributed by atoms with Crippen LogP contribution in [-0.4, -0.2) is 24.9 Å². The molecule has 26 heavy (non-hydrogen) atoms. The van der Waals surface area contributed by atoms with Crippen molar-refractivity contribution >= 4 is 34.7 Å². The quantitative estimate of drug-likeness (QED) is 0.636. The molecule has 0 unspecified atom stereocenters. The normalized spacial score (nSPS) is 12.6. The predicted octanol–water partition coefficient (Wildman–Crippen LogP) is 4.92.